The van der Waals surface area contributed by atoms with Crippen molar-refractivity contribution in [1.29, 1.82) is 0 Å². The van der Waals surface area contributed by atoms with E-state index in [4.69, 9.17) is 11.6 Å². The van der Waals surface area contributed by atoms with Crippen LogP contribution in [0.15, 0.2) is 0 Å². The number of nitrogens with zero attached hydrogens (tertiary/aromatic N) is 3. The van der Waals surface area contributed by atoms with Gasteiger partial charge in [-0.15, -0.1) is 0 Å². The normalized spacial score (nSPS) is 16.9. The lowest BCUT2D eigenvalue weighted by molar-refractivity contribution is 0.142. The number of hydrogen-bond donors (Lipinski definition) is 1. The van der Waals surface area contributed by atoms with Crippen molar-refractivity contribution >= 4 is 11.6 Å². The van der Waals surface area contributed by atoms with Gasteiger partial charge in [0.05, 0.1) is 23.0 Å². The average Bonchev–Trinajstić information content (AvgIpc) is 2.93. The number of aryl methyl sites for hydroxylation is 2. The van der Waals surface area contributed by atoms with Crippen LogP contribution in [0.1, 0.15) is 37.1 Å². The second kappa shape index (κ2) is 6.04. The molecule has 0 amide bonds. The Balaban J connectivity index is 2.12. The molecule has 1 aromatic heterocycles. The van der Waals surface area contributed by atoms with Crippen molar-refractivity contribution in [3.05, 3.63) is 16.4 Å². The fourth-order valence-corrected chi connectivity index (χ4v) is 3.05. The van der Waals surface area contributed by atoms with E-state index >= 15 is 0 Å². The highest BCUT2D eigenvalue weighted by molar-refractivity contribution is 6.31. The van der Waals surface area contributed by atoms with Gasteiger partial charge in [-0.1, -0.05) is 24.4 Å². The molecule has 0 spiro atoms. The molecule has 1 N–H and O–H groups in total. The van der Waals surface area contributed by atoms with Gasteiger partial charge in [-0.3, -0.25) is 9.58 Å². The second-order valence-corrected chi connectivity index (χ2v) is 5.48. The Labute approximate surface area is 114 Å². The first kappa shape index (κ1) is 13.8. The molecule has 0 saturated heterocycles. The zero-order valence-corrected chi connectivity index (χ0v) is 11.9. The third kappa shape index (κ3) is 2.87. The van der Waals surface area contributed by atoms with E-state index in [1.165, 1.54) is 25.7 Å². The summed E-state index contributed by atoms with van der Waals surface area (Å²) in [5.41, 5.74) is 1.93. The Morgan fingerprint density at radius 1 is 1.44 bits per heavy atom. The van der Waals surface area contributed by atoms with Crippen LogP contribution < -0.4 is 0 Å². The smallest absolute Gasteiger partial charge is 0.0860 e. The third-order valence-corrected chi connectivity index (χ3v) is 4.33. The van der Waals surface area contributed by atoms with E-state index in [-0.39, 0.29) is 6.61 Å². The lowest BCUT2D eigenvalue weighted by Crippen LogP contribution is -2.35. The first-order valence-electron chi connectivity index (χ1n) is 6.66. The van der Waals surface area contributed by atoms with Crippen LogP contribution in [-0.4, -0.2) is 39.0 Å². The Hall–Kier alpha value is -0.580. The van der Waals surface area contributed by atoms with Gasteiger partial charge >= 0.3 is 0 Å². The van der Waals surface area contributed by atoms with Gasteiger partial charge < -0.3 is 5.11 Å². The molecular weight excluding hydrogens is 250 g/mol. The number of aliphatic hydroxyl groups excluding tert-OH is 1. The summed E-state index contributed by atoms with van der Waals surface area (Å²) in [4.78, 5) is 2.34. The van der Waals surface area contributed by atoms with Gasteiger partial charge in [0.15, 0.2) is 0 Å². The molecule has 1 aliphatic rings. The molecule has 4 nitrogen and oxygen atoms in total. The maximum absolute atomic E-state index is 9.22. The SMILES string of the molecule is Cc1nn(C)c(CN(CCO)C2CCCC2)c1Cl. The number of aliphatic hydroxyl groups is 1. The van der Waals surface area contributed by atoms with E-state index in [2.05, 4.69) is 10.00 Å². The number of aromatic nitrogens is 2. The van der Waals surface area contributed by atoms with Crippen molar-refractivity contribution in [3.63, 3.8) is 0 Å². The van der Waals surface area contributed by atoms with Crippen LogP contribution >= 0.6 is 11.6 Å². The van der Waals surface area contributed by atoms with Crippen LogP contribution in [0.4, 0.5) is 0 Å². The van der Waals surface area contributed by atoms with E-state index in [1.807, 2.05) is 18.7 Å². The number of rotatable bonds is 5. The summed E-state index contributed by atoms with van der Waals surface area (Å²) in [6, 6.07) is 0.587. The lowest BCUT2D eigenvalue weighted by atomic mass is 10.2. The fraction of sp³-hybridized carbons (Fsp3) is 0.769. The predicted octanol–water partition coefficient (Wildman–Crippen LogP) is 2.12. The summed E-state index contributed by atoms with van der Waals surface area (Å²) >= 11 is 6.29. The molecule has 0 aliphatic heterocycles. The van der Waals surface area contributed by atoms with Crippen LogP contribution in [0, 0.1) is 6.92 Å². The highest BCUT2D eigenvalue weighted by Crippen LogP contribution is 2.27. The molecule has 0 aromatic carbocycles. The number of halogens is 1. The molecule has 18 heavy (non-hydrogen) atoms. The molecule has 0 bridgehead atoms. The monoisotopic (exact) mass is 271 g/mol. The molecule has 1 aliphatic carbocycles. The summed E-state index contributed by atoms with van der Waals surface area (Å²) in [6.45, 7) is 3.62. The van der Waals surface area contributed by atoms with Crippen molar-refractivity contribution in [2.45, 2.75) is 45.2 Å². The summed E-state index contributed by atoms with van der Waals surface area (Å²) < 4.78 is 1.86. The van der Waals surface area contributed by atoms with Crippen molar-refractivity contribution in [2.24, 2.45) is 7.05 Å². The molecular formula is C13H22ClN3O. The average molecular weight is 272 g/mol. The molecule has 0 unspecified atom stereocenters. The molecule has 1 fully saturated rings. The maximum Gasteiger partial charge on any atom is 0.0860 e. The molecule has 2 rings (SSSR count). The summed E-state index contributed by atoms with van der Waals surface area (Å²) in [5, 5.41) is 14.3. The number of hydrogen-bond acceptors (Lipinski definition) is 3. The first-order valence-corrected chi connectivity index (χ1v) is 7.04. The van der Waals surface area contributed by atoms with Gasteiger partial charge in [0.1, 0.15) is 0 Å². The van der Waals surface area contributed by atoms with Crippen LogP contribution in [0.5, 0.6) is 0 Å². The topological polar surface area (TPSA) is 41.3 Å². The van der Waals surface area contributed by atoms with Crippen LogP contribution in [-0.2, 0) is 13.6 Å². The molecule has 1 aromatic rings. The van der Waals surface area contributed by atoms with Gasteiger partial charge in [0, 0.05) is 26.2 Å². The second-order valence-electron chi connectivity index (χ2n) is 5.10. The quantitative estimate of drug-likeness (QED) is 0.892. The van der Waals surface area contributed by atoms with Gasteiger partial charge in [0.25, 0.3) is 0 Å². The Kier molecular flexibility index (Phi) is 4.65. The lowest BCUT2D eigenvalue weighted by Gasteiger charge is -2.28. The molecule has 1 saturated carbocycles. The predicted molar refractivity (Wildman–Crippen MR) is 72.7 cm³/mol. The van der Waals surface area contributed by atoms with Crippen molar-refractivity contribution in [3.8, 4) is 0 Å². The van der Waals surface area contributed by atoms with Crippen LogP contribution in [0.25, 0.3) is 0 Å². The van der Waals surface area contributed by atoms with Crippen molar-refractivity contribution in [2.75, 3.05) is 13.2 Å². The van der Waals surface area contributed by atoms with Gasteiger partial charge in [-0.25, -0.2) is 0 Å². The summed E-state index contributed by atoms with van der Waals surface area (Å²) in [5.74, 6) is 0. The van der Waals surface area contributed by atoms with Gasteiger partial charge in [-0.2, -0.15) is 5.10 Å². The minimum Gasteiger partial charge on any atom is -0.395 e. The molecule has 102 valence electrons. The van der Waals surface area contributed by atoms with E-state index in [9.17, 15) is 5.11 Å². The Bertz CT molecular complexity index is 399. The Morgan fingerprint density at radius 2 is 2.11 bits per heavy atom. The van der Waals surface area contributed by atoms with Gasteiger partial charge in [0.2, 0.25) is 0 Å². The minimum atomic E-state index is 0.199. The molecule has 0 radical (unpaired) electrons. The van der Waals surface area contributed by atoms with Crippen molar-refractivity contribution in [1.82, 2.24) is 14.7 Å². The minimum absolute atomic E-state index is 0.199. The van der Waals surface area contributed by atoms with Gasteiger partial charge in [-0.05, 0) is 19.8 Å². The molecule has 1 heterocycles. The largest absolute Gasteiger partial charge is 0.395 e. The summed E-state index contributed by atoms with van der Waals surface area (Å²) in [6.07, 6.45) is 5.05. The first-order chi connectivity index (χ1) is 8.63. The van der Waals surface area contributed by atoms with E-state index < -0.39 is 0 Å². The van der Waals surface area contributed by atoms with E-state index in [1.54, 1.807) is 0 Å². The Morgan fingerprint density at radius 3 is 2.61 bits per heavy atom. The molecule has 0 atom stereocenters. The highest BCUT2D eigenvalue weighted by Gasteiger charge is 2.24. The fourth-order valence-electron chi connectivity index (χ4n) is 2.83. The standard InChI is InChI=1S/C13H22ClN3O/c1-10-13(14)12(16(2)15-10)9-17(7-8-18)11-5-3-4-6-11/h11,18H,3-9H2,1-2H3. The zero-order chi connectivity index (χ0) is 13.1. The van der Waals surface area contributed by atoms with E-state index in [0.717, 1.165) is 23.0 Å². The van der Waals surface area contributed by atoms with Crippen LogP contribution in [0.2, 0.25) is 5.02 Å². The van der Waals surface area contributed by atoms with E-state index in [0.29, 0.717) is 12.6 Å². The van der Waals surface area contributed by atoms with Crippen LogP contribution in [0.3, 0.4) is 0 Å². The summed E-state index contributed by atoms with van der Waals surface area (Å²) in [7, 11) is 1.93. The molecule has 5 heteroatoms. The highest BCUT2D eigenvalue weighted by atomic mass is 35.5. The maximum atomic E-state index is 9.22. The zero-order valence-electron chi connectivity index (χ0n) is 11.2. The third-order valence-electron chi connectivity index (χ3n) is 3.84. The van der Waals surface area contributed by atoms with Crippen molar-refractivity contribution < 1.29 is 5.11 Å².